The van der Waals surface area contributed by atoms with Gasteiger partial charge in [-0.05, 0) is 43.7 Å². The molecule has 1 aromatic heterocycles. The molecule has 1 heterocycles. The molecule has 0 radical (unpaired) electrons. The molecule has 0 unspecified atom stereocenters. The molecule has 0 aliphatic carbocycles. The highest BCUT2D eigenvalue weighted by molar-refractivity contribution is 5.63. The Morgan fingerprint density at radius 1 is 1.00 bits per heavy atom. The Labute approximate surface area is 112 Å². The molecule has 4 nitrogen and oxygen atoms in total. The van der Waals surface area contributed by atoms with Crippen molar-refractivity contribution in [2.24, 2.45) is 0 Å². The monoisotopic (exact) mass is 248 g/mol. The first kappa shape index (κ1) is 12.6. The zero-order chi connectivity index (χ0) is 13.8. The van der Waals surface area contributed by atoms with Crippen LogP contribution < -0.4 is 5.32 Å². The van der Waals surface area contributed by atoms with Gasteiger partial charge in [0, 0.05) is 11.4 Å². The van der Waals surface area contributed by atoms with Crippen LogP contribution >= 0.6 is 0 Å². The summed E-state index contributed by atoms with van der Waals surface area (Å²) in [5.41, 5.74) is 3.75. The summed E-state index contributed by atoms with van der Waals surface area (Å²) in [7, 11) is 0. The van der Waals surface area contributed by atoms with Crippen molar-refractivity contribution >= 4 is 11.5 Å². The van der Waals surface area contributed by atoms with E-state index in [2.05, 4.69) is 22.4 Å². The Hall–Kier alpha value is -2.85. The minimum Gasteiger partial charge on any atom is -0.340 e. The summed E-state index contributed by atoms with van der Waals surface area (Å²) in [6.07, 6.45) is 0. The number of benzene rings is 1. The lowest BCUT2D eigenvalue weighted by Crippen LogP contribution is -1.98. The van der Waals surface area contributed by atoms with Crippen LogP contribution in [0.5, 0.6) is 0 Å². The predicted octanol–water partition coefficient (Wildman–Crippen LogP) is 3.19. The lowest BCUT2D eigenvalue weighted by molar-refractivity contribution is 1.19. The largest absolute Gasteiger partial charge is 0.340 e. The summed E-state index contributed by atoms with van der Waals surface area (Å²) in [5.74, 6) is 0.606. The van der Waals surface area contributed by atoms with E-state index in [0.717, 1.165) is 16.9 Å². The minimum atomic E-state index is 0.559. The Bertz CT molecular complexity index is 705. The highest BCUT2D eigenvalue weighted by atomic mass is 15.0. The fourth-order valence-electron chi connectivity index (χ4n) is 1.76. The van der Waals surface area contributed by atoms with Crippen LogP contribution in [-0.2, 0) is 0 Å². The highest BCUT2D eigenvalue weighted by Crippen LogP contribution is 2.21. The molecule has 0 atom stereocenters. The number of pyridine rings is 1. The molecular formula is C15H12N4. The van der Waals surface area contributed by atoms with Gasteiger partial charge < -0.3 is 5.32 Å². The third kappa shape index (κ3) is 2.88. The van der Waals surface area contributed by atoms with Crippen LogP contribution in [-0.4, -0.2) is 4.98 Å². The van der Waals surface area contributed by atoms with E-state index in [9.17, 15) is 0 Å². The molecule has 4 heteroatoms. The van der Waals surface area contributed by atoms with Gasteiger partial charge in [0.05, 0.1) is 23.3 Å². The number of rotatable bonds is 2. The topological polar surface area (TPSA) is 72.5 Å². The molecule has 0 spiro atoms. The molecule has 1 N–H and O–H groups in total. The lowest BCUT2D eigenvalue weighted by atomic mass is 10.1. The molecule has 0 saturated heterocycles. The number of anilines is 2. The molecule has 0 amide bonds. The quantitative estimate of drug-likeness (QED) is 0.885. The van der Waals surface area contributed by atoms with Crippen LogP contribution in [0.2, 0.25) is 0 Å². The van der Waals surface area contributed by atoms with Gasteiger partial charge in [-0.25, -0.2) is 4.98 Å². The molecule has 0 aliphatic heterocycles. The first-order valence-corrected chi connectivity index (χ1v) is 5.79. The Morgan fingerprint density at radius 2 is 1.74 bits per heavy atom. The van der Waals surface area contributed by atoms with E-state index in [1.807, 2.05) is 19.9 Å². The van der Waals surface area contributed by atoms with Crippen LogP contribution in [0.4, 0.5) is 11.5 Å². The van der Waals surface area contributed by atoms with E-state index < -0.39 is 0 Å². The number of hydrogen-bond donors (Lipinski definition) is 1. The summed E-state index contributed by atoms with van der Waals surface area (Å²) in [6.45, 7) is 3.79. The molecule has 92 valence electrons. The van der Waals surface area contributed by atoms with Crippen LogP contribution in [0.3, 0.4) is 0 Å². The Morgan fingerprint density at radius 3 is 2.42 bits per heavy atom. The van der Waals surface area contributed by atoms with Crippen molar-refractivity contribution in [2.75, 3.05) is 5.32 Å². The van der Waals surface area contributed by atoms with Crippen LogP contribution in [0.25, 0.3) is 0 Å². The minimum absolute atomic E-state index is 0.559. The zero-order valence-corrected chi connectivity index (χ0v) is 10.7. The van der Waals surface area contributed by atoms with Crippen molar-refractivity contribution in [3.63, 3.8) is 0 Å². The van der Waals surface area contributed by atoms with Gasteiger partial charge in [0.2, 0.25) is 0 Å². The second-order valence-corrected chi connectivity index (χ2v) is 4.26. The lowest BCUT2D eigenvalue weighted by Gasteiger charge is -2.10. The van der Waals surface area contributed by atoms with Gasteiger partial charge in [-0.15, -0.1) is 0 Å². The highest BCUT2D eigenvalue weighted by Gasteiger charge is 2.04. The number of nitrogens with zero attached hydrogens (tertiary/aromatic N) is 3. The van der Waals surface area contributed by atoms with Crippen molar-refractivity contribution in [1.29, 1.82) is 10.5 Å². The van der Waals surface area contributed by atoms with Gasteiger partial charge in [0.25, 0.3) is 0 Å². The smallest absolute Gasteiger partial charge is 0.131 e. The second kappa shape index (κ2) is 5.20. The third-order valence-electron chi connectivity index (χ3n) is 2.71. The predicted molar refractivity (Wildman–Crippen MR) is 72.9 cm³/mol. The third-order valence-corrected chi connectivity index (χ3v) is 2.71. The zero-order valence-electron chi connectivity index (χ0n) is 10.7. The molecule has 2 rings (SSSR count). The Kier molecular flexibility index (Phi) is 3.45. The maximum atomic E-state index is 8.94. The van der Waals surface area contributed by atoms with E-state index in [1.165, 1.54) is 0 Å². The van der Waals surface area contributed by atoms with Crippen molar-refractivity contribution < 1.29 is 0 Å². The van der Waals surface area contributed by atoms with Crippen molar-refractivity contribution in [3.8, 4) is 12.1 Å². The van der Waals surface area contributed by atoms with Crippen LogP contribution in [0, 0.1) is 36.5 Å². The van der Waals surface area contributed by atoms with Gasteiger partial charge in [0.15, 0.2) is 0 Å². The van der Waals surface area contributed by atoms with E-state index in [1.54, 1.807) is 24.3 Å². The standard InChI is InChI=1S/C15H12N4/c1-10-3-4-12(8-16)6-14(10)19-15-7-13(9-17)5-11(2)18-15/h3-7H,1-2H3,(H,18,19). The van der Waals surface area contributed by atoms with Gasteiger partial charge in [0.1, 0.15) is 5.82 Å². The number of hydrogen-bond acceptors (Lipinski definition) is 4. The van der Waals surface area contributed by atoms with E-state index in [0.29, 0.717) is 16.9 Å². The van der Waals surface area contributed by atoms with Crippen molar-refractivity contribution in [1.82, 2.24) is 4.98 Å². The first-order chi connectivity index (χ1) is 9.12. The number of nitrogens with one attached hydrogen (secondary N) is 1. The maximum Gasteiger partial charge on any atom is 0.131 e. The normalized spacial score (nSPS) is 9.47. The summed E-state index contributed by atoms with van der Waals surface area (Å²) < 4.78 is 0. The summed E-state index contributed by atoms with van der Waals surface area (Å²) >= 11 is 0. The molecule has 19 heavy (non-hydrogen) atoms. The first-order valence-electron chi connectivity index (χ1n) is 5.79. The molecular weight excluding hydrogens is 236 g/mol. The fourth-order valence-corrected chi connectivity index (χ4v) is 1.76. The van der Waals surface area contributed by atoms with Gasteiger partial charge >= 0.3 is 0 Å². The molecule has 0 saturated carbocycles. The molecule has 0 fully saturated rings. The maximum absolute atomic E-state index is 8.94. The second-order valence-electron chi connectivity index (χ2n) is 4.26. The number of aromatic nitrogens is 1. The van der Waals surface area contributed by atoms with E-state index >= 15 is 0 Å². The molecule has 2 aromatic rings. The molecule has 0 bridgehead atoms. The van der Waals surface area contributed by atoms with Crippen molar-refractivity contribution in [2.45, 2.75) is 13.8 Å². The summed E-state index contributed by atoms with van der Waals surface area (Å²) in [4.78, 5) is 4.33. The van der Waals surface area contributed by atoms with E-state index in [-0.39, 0.29) is 0 Å². The van der Waals surface area contributed by atoms with Gasteiger partial charge in [-0.3, -0.25) is 0 Å². The molecule has 1 aromatic carbocycles. The average molecular weight is 248 g/mol. The van der Waals surface area contributed by atoms with Crippen LogP contribution in [0.15, 0.2) is 30.3 Å². The summed E-state index contributed by atoms with van der Waals surface area (Å²) in [5, 5.41) is 21.0. The number of nitriles is 2. The van der Waals surface area contributed by atoms with Crippen molar-refractivity contribution in [3.05, 3.63) is 52.7 Å². The van der Waals surface area contributed by atoms with Gasteiger partial charge in [-0.1, -0.05) is 6.07 Å². The Balaban J connectivity index is 2.39. The fraction of sp³-hybridized carbons (Fsp3) is 0.133. The average Bonchev–Trinajstić information content (AvgIpc) is 2.40. The summed E-state index contributed by atoms with van der Waals surface area (Å²) in [6, 6.07) is 13.0. The van der Waals surface area contributed by atoms with Crippen LogP contribution in [0.1, 0.15) is 22.4 Å². The molecule has 0 aliphatic rings. The number of aryl methyl sites for hydroxylation is 2. The van der Waals surface area contributed by atoms with Gasteiger partial charge in [-0.2, -0.15) is 10.5 Å². The SMILES string of the molecule is Cc1cc(C#N)cc(Nc2cc(C#N)ccc2C)n1. The van der Waals surface area contributed by atoms with E-state index in [4.69, 9.17) is 10.5 Å².